The Morgan fingerprint density at radius 2 is 1.77 bits per heavy atom. The van der Waals surface area contributed by atoms with Crippen molar-refractivity contribution in [3.05, 3.63) is 41.0 Å². The molecule has 4 aliphatic rings. The Morgan fingerprint density at radius 3 is 2.34 bits per heavy atom. The van der Waals surface area contributed by atoms with Gasteiger partial charge in [-0.2, -0.15) is 0 Å². The average molecular weight is 479 g/mol. The van der Waals surface area contributed by atoms with Crippen molar-refractivity contribution in [1.29, 1.82) is 0 Å². The second kappa shape index (κ2) is 7.01. The third-order valence-electron chi connectivity index (χ3n) is 10.6. The van der Waals surface area contributed by atoms with Gasteiger partial charge in [-0.15, -0.1) is 0 Å². The summed E-state index contributed by atoms with van der Waals surface area (Å²) >= 11 is 0. The van der Waals surface area contributed by atoms with Gasteiger partial charge in [-0.05, 0) is 71.1 Å². The number of carbonyl (C=O) groups is 2. The van der Waals surface area contributed by atoms with E-state index in [-0.39, 0.29) is 34.1 Å². The molecule has 0 amide bonds. The van der Waals surface area contributed by atoms with Crippen LogP contribution in [0.3, 0.4) is 0 Å². The van der Waals surface area contributed by atoms with Crippen LogP contribution in [-0.2, 0) is 29.9 Å². The minimum Gasteiger partial charge on any atom is -0.462 e. The number of esters is 2. The van der Waals surface area contributed by atoms with E-state index in [0.717, 1.165) is 12.8 Å². The lowest BCUT2D eigenvalue weighted by Crippen LogP contribution is -2.49. The van der Waals surface area contributed by atoms with Crippen molar-refractivity contribution in [3.63, 3.8) is 0 Å². The molecule has 1 aromatic rings. The van der Waals surface area contributed by atoms with Gasteiger partial charge >= 0.3 is 11.9 Å². The highest BCUT2D eigenvalue weighted by Crippen LogP contribution is 2.66. The summed E-state index contributed by atoms with van der Waals surface area (Å²) in [5.41, 5.74) is 3.42. The zero-order valence-electron chi connectivity index (χ0n) is 23.1. The number of allylic oxidation sites excluding steroid dienone is 2. The summed E-state index contributed by atoms with van der Waals surface area (Å²) in [6.07, 6.45) is 5.70. The first kappa shape index (κ1) is 24.6. The molecule has 4 nitrogen and oxygen atoms in total. The minimum atomic E-state index is -1.14. The molecule has 35 heavy (non-hydrogen) atoms. The molecule has 1 aromatic carbocycles. The molecular weight excluding hydrogens is 436 g/mol. The molecule has 1 saturated heterocycles. The Hall–Kier alpha value is -2.10. The topological polar surface area (TPSA) is 52.6 Å². The van der Waals surface area contributed by atoms with Gasteiger partial charge in [0.1, 0.15) is 0 Å². The fourth-order valence-electron chi connectivity index (χ4n) is 7.04. The first-order valence-electron chi connectivity index (χ1n) is 13.3. The van der Waals surface area contributed by atoms with Gasteiger partial charge < -0.3 is 9.47 Å². The van der Waals surface area contributed by atoms with Crippen LogP contribution in [0.15, 0.2) is 24.3 Å². The Morgan fingerprint density at radius 1 is 1.09 bits per heavy atom. The highest BCUT2D eigenvalue weighted by atomic mass is 16.6. The smallest absolute Gasteiger partial charge is 0.351 e. The average Bonchev–Trinajstić information content (AvgIpc) is 3.34. The lowest BCUT2D eigenvalue weighted by Gasteiger charge is -2.37. The van der Waals surface area contributed by atoms with Gasteiger partial charge in [0.05, 0.1) is 12.0 Å². The number of ether oxygens (including phenoxy) is 2. The van der Waals surface area contributed by atoms with Crippen LogP contribution in [0.1, 0.15) is 105 Å². The van der Waals surface area contributed by atoms with E-state index in [1.807, 2.05) is 20.8 Å². The molecule has 5 rings (SSSR count). The first-order chi connectivity index (χ1) is 16.0. The standard InChI is InChI=1S/C31H42O4/c1-26(2,3)22-12-13-27(4,5)23-11-10-19(16-21(22)23)29(8)17-20(29)18-34-25(33)31-15-14-30(9,24(32)35-31)28(31,6)7/h10-12,16,20H,13-15,17-18H2,1-9H3/t20-,29+,30?,31?/m0/s1. The van der Waals surface area contributed by atoms with Crippen molar-refractivity contribution >= 4 is 17.5 Å². The summed E-state index contributed by atoms with van der Waals surface area (Å²) in [4.78, 5) is 25.9. The van der Waals surface area contributed by atoms with E-state index in [4.69, 9.17) is 9.47 Å². The van der Waals surface area contributed by atoms with Crippen LogP contribution in [0, 0.1) is 22.2 Å². The number of fused-ring (bicyclic) bond motifs is 3. The van der Waals surface area contributed by atoms with Crippen LogP contribution in [0.4, 0.5) is 0 Å². The van der Waals surface area contributed by atoms with Gasteiger partial charge in [-0.25, -0.2) is 4.79 Å². The second-order valence-corrected chi connectivity index (χ2v) is 14.3. The van der Waals surface area contributed by atoms with Crippen LogP contribution in [-0.4, -0.2) is 24.1 Å². The second-order valence-electron chi connectivity index (χ2n) is 14.3. The molecule has 2 bridgehead atoms. The fraction of sp³-hybridized carbons (Fsp3) is 0.677. The number of rotatable bonds is 4. The summed E-state index contributed by atoms with van der Waals surface area (Å²) in [5.74, 6) is -0.356. The highest BCUT2D eigenvalue weighted by molar-refractivity contribution is 5.93. The highest BCUT2D eigenvalue weighted by Gasteiger charge is 2.76. The molecule has 3 fully saturated rings. The maximum absolute atomic E-state index is 13.3. The van der Waals surface area contributed by atoms with E-state index in [1.165, 1.54) is 22.3 Å². The molecule has 0 radical (unpaired) electrons. The zero-order chi connectivity index (χ0) is 25.8. The molecule has 190 valence electrons. The summed E-state index contributed by atoms with van der Waals surface area (Å²) in [6.45, 7) is 20.1. The van der Waals surface area contributed by atoms with Crippen LogP contribution in [0.2, 0.25) is 0 Å². The number of benzene rings is 1. The van der Waals surface area contributed by atoms with Crippen LogP contribution < -0.4 is 0 Å². The van der Waals surface area contributed by atoms with E-state index < -0.39 is 16.4 Å². The predicted octanol–water partition coefficient (Wildman–Crippen LogP) is 6.74. The van der Waals surface area contributed by atoms with Gasteiger partial charge in [0.25, 0.3) is 0 Å². The third kappa shape index (κ3) is 3.17. The van der Waals surface area contributed by atoms with E-state index in [0.29, 0.717) is 19.4 Å². The van der Waals surface area contributed by atoms with Gasteiger partial charge in [0.2, 0.25) is 5.60 Å². The molecule has 1 heterocycles. The summed E-state index contributed by atoms with van der Waals surface area (Å²) in [5, 5.41) is 0. The molecule has 0 spiro atoms. The third-order valence-corrected chi connectivity index (χ3v) is 10.6. The molecule has 0 aromatic heterocycles. The minimum absolute atomic E-state index is 0.0103. The molecule has 4 heteroatoms. The molecular formula is C31H42O4. The number of hydrogen-bond donors (Lipinski definition) is 0. The van der Waals surface area contributed by atoms with Gasteiger partial charge in [-0.1, -0.05) is 79.7 Å². The van der Waals surface area contributed by atoms with Gasteiger partial charge in [0, 0.05) is 11.3 Å². The normalized spacial score (nSPS) is 36.3. The van der Waals surface area contributed by atoms with Crippen molar-refractivity contribution in [2.24, 2.45) is 22.2 Å². The Kier molecular flexibility index (Phi) is 4.93. The van der Waals surface area contributed by atoms with Crippen LogP contribution in [0.25, 0.3) is 5.57 Å². The van der Waals surface area contributed by atoms with Crippen LogP contribution in [0.5, 0.6) is 0 Å². The summed E-state index contributed by atoms with van der Waals surface area (Å²) in [6, 6.07) is 7.02. The predicted molar refractivity (Wildman–Crippen MR) is 138 cm³/mol. The van der Waals surface area contributed by atoms with Gasteiger partial charge in [-0.3, -0.25) is 4.79 Å². The summed E-state index contributed by atoms with van der Waals surface area (Å²) in [7, 11) is 0. The van der Waals surface area contributed by atoms with Crippen molar-refractivity contribution in [2.75, 3.05) is 6.61 Å². The van der Waals surface area contributed by atoms with Crippen molar-refractivity contribution in [2.45, 2.75) is 104 Å². The molecule has 4 atom stereocenters. The van der Waals surface area contributed by atoms with Crippen molar-refractivity contribution in [1.82, 2.24) is 0 Å². The molecule has 1 aliphatic heterocycles. The van der Waals surface area contributed by atoms with E-state index in [1.54, 1.807) is 0 Å². The Labute approximate surface area is 210 Å². The van der Waals surface area contributed by atoms with E-state index in [9.17, 15) is 9.59 Å². The number of carbonyl (C=O) groups excluding carboxylic acids is 2. The Balaban J connectivity index is 1.34. The molecule has 2 saturated carbocycles. The molecule has 0 N–H and O–H groups in total. The monoisotopic (exact) mass is 478 g/mol. The first-order valence-corrected chi connectivity index (χ1v) is 13.3. The van der Waals surface area contributed by atoms with Crippen molar-refractivity contribution in [3.8, 4) is 0 Å². The lowest BCUT2D eigenvalue weighted by atomic mass is 9.66. The zero-order valence-corrected chi connectivity index (χ0v) is 23.1. The fourth-order valence-corrected chi connectivity index (χ4v) is 7.04. The largest absolute Gasteiger partial charge is 0.462 e. The van der Waals surface area contributed by atoms with E-state index in [2.05, 4.69) is 65.8 Å². The maximum atomic E-state index is 13.3. The molecule has 2 unspecified atom stereocenters. The molecule has 3 aliphatic carbocycles. The van der Waals surface area contributed by atoms with E-state index >= 15 is 0 Å². The SMILES string of the molecule is CC(C)(C)C1=CCC(C)(C)c2ccc([C@@]3(C)C[C@H]3COC(=O)C34CCC(C)(C(=O)O3)C4(C)C)cc21. The number of hydrogen-bond acceptors (Lipinski definition) is 4. The lowest BCUT2D eigenvalue weighted by molar-refractivity contribution is -0.183. The van der Waals surface area contributed by atoms with Crippen LogP contribution >= 0.6 is 0 Å². The van der Waals surface area contributed by atoms with Crippen molar-refractivity contribution < 1.29 is 19.1 Å². The van der Waals surface area contributed by atoms with Gasteiger partial charge in [0.15, 0.2) is 0 Å². The Bertz CT molecular complexity index is 1150. The summed E-state index contributed by atoms with van der Waals surface area (Å²) < 4.78 is 11.6. The maximum Gasteiger partial charge on any atom is 0.351 e. The quantitative estimate of drug-likeness (QED) is 0.450.